The molecule has 0 aliphatic heterocycles. The number of aryl methyl sites for hydroxylation is 1. The Kier molecular flexibility index (Phi) is 6.76. The van der Waals surface area contributed by atoms with Crippen LogP contribution in [0.4, 0.5) is 5.69 Å². The van der Waals surface area contributed by atoms with E-state index in [1.165, 1.54) is 0 Å². The number of esters is 1. The summed E-state index contributed by atoms with van der Waals surface area (Å²) < 4.78 is 5.41. The predicted octanol–water partition coefficient (Wildman–Crippen LogP) is 4.58. The van der Waals surface area contributed by atoms with Crippen LogP contribution in [0.25, 0.3) is 10.8 Å². The Morgan fingerprint density at radius 2 is 1.82 bits per heavy atom. The zero-order valence-electron chi connectivity index (χ0n) is 18.3. The van der Waals surface area contributed by atoms with E-state index >= 15 is 0 Å². The zero-order valence-corrected chi connectivity index (χ0v) is 18.3. The third-order valence-electron chi connectivity index (χ3n) is 5.55. The number of nitrogens with two attached hydrogens (primary N) is 1. The standard InChI is InChI=1S/C27H25N3O3/c1-18-13-19(17-33-27(32)20-5-3-2-4-6-20)7-10-24(18)25(15-28)26(31)30-23-9-8-22-16-29-12-11-21(22)14-23/h2-14,16,25H,15,17,28H2,1H3,(H,30,31). The molecule has 4 aromatic rings. The second-order valence-corrected chi connectivity index (χ2v) is 7.85. The summed E-state index contributed by atoms with van der Waals surface area (Å²) in [6, 6.07) is 22.1. The molecule has 1 amide bonds. The van der Waals surface area contributed by atoms with Crippen LogP contribution in [-0.4, -0.2) is 23.4 Å². The molecule has 0 aliphatic carbocycles. The number of carbonyl (C=O) groups is 2. The number of anilines is 1. The Bertz CT molecular complexity index is 1290. The van der Waals surface area contributed by atoms with Crippen molar-refractivity contribution in [3.8, 4) is 0 Å². The molecule has 1 unspecified atom stereocenters. The number of nitrogens with one attached hydrogen (secondary N) is 1. The van der Waals surface area contributed by atoms with Gasteiger partial charge >= 0.3 is 5.97 Å². The molecule has 1 aromatic heterocycles. The third kappa shape index (κ3) is 5.25. The van der Waals surface area contributed by atoms with Crippen molar-refractivity contribution in [1.29, 1.82) is 0 Å². The molecule has 0 saturated heterocycles. The first-order valence-electron chi connectivity index (χ1n) is 10.7. The van der Waals surface area contributed by atoms with E-state index < -0.39 is 5.92 Å². The largest absolute Gasteiger partial charge is 0.457 e. The highest BCUT2D eigenvalue weighted by molar-refractivity contribution is 5.98. The molecular weight excluding hydrogens is 414 g/mol. The molecule has 33 heavy (non-hydrogen) atoms. The lowest BCUT2D eigenvalue weighted by Crippen LogP contribution is -2.28. The molecular formula is C27H25N3O3. The Morgan fingerprint density at radius 3 is 2.58 bits per heavy atom. The fourth-order valence-corrected chi connectivity index (χ4v) is 3.79. The van der Waals surface area contributed by atoms with E-state index in [0.717, 1.165) is 27.5 Å². The molecule has 0 saturated carbocycles. The van der Waals surface area contributed by atoms with Crippen LogP contribution in [0.2, 0.25) is 0 Å². The van der Waals surface area contributed by atoms with Gasteiger partial charge in [-0.25, -0.2) is 4.79 Å². The van der Waals surface area contributed by atoms with Gasteiger partial charge in [0, 0.05) is 30.0 Å². The number of carbonyl (C=O) groups excluding carboxylic acids is 2. The van der Waals surface area contributed by atoms with Crippen LogP contribution in [0.15, 0.2) is 85.2 Å². The van der Waals surface area contributed by atoms with Gasteiger partial charge in [0.15, 0.2) is 0 Å². The first kappa shape index (κ1) is 22.2. The summed E-state index contributed by atoms with van der Waals surface area (Å²) >= 11 is 0. The number of hydrogen-bond donors (Lipinski definition) is 2. The summed E-state index contributed by atoms with van der Waals surface area (Å²) in [4.78, 5) is 29.3. The summed E-state index contributed by atoms with van der Waals surface area (Å²) in [5.41, 5.74) is 9.81. The normalized spacial score (nSPS) is 11.7. The van der Waals surface area contributed by atoms with Crippen molar-refractivity contribution < 1.29 is 14.3 Å². The van der Waals surface area contributed by atoms with Gasteiger partial charge in [-0.1, -0.05) is 42.5 Å². The van der Waals surface area contributed by atoms with Crippen LogP contribution >= 0.6 is 0 Å². The van der Waals surface area contributed by atoms with Crippen LogP contribution in [0, 0.1) is 6.92 Å². The summed E-state index contributed by atoms with van der Waals surface area (Å²) in [6.07, 6.45) is 3.50. The molecule has 1 atom stereocenters. The van der Waals surface area contributed by atoms with Gasteiger partial charge in [0.2, 0.25) is 5.91 Å². The Hall–Kier alpha value is -4.03. The number of fused-ring (bicyclic) bond motifs is 1. The molecule has 0 fully saturated rings. The average Bonchev–Trinajstić information content (AvgIpc) is 2.84. The monoisotopic (exact) mass is 439 g/mol. The minimum Gasteiger partial charge on any atom is -0.457 e. The first-order chi connectivity index (χ1) is 16.0. The Morgan fingerprint density at radius 1 is 1.00 bits per heavy atom. The SMILES string of the molecule is Cc1cc(COC(=O)c2ccccc2)ccc1C(CN)C(=O)Nc1ccc2cnccc2c1. The van der Waals surface area contributed by atoms with E-state index in [1.807, 2.05) is 55.5 Å². The minimum absolute atomic E-state index is 0.153. The van der Waals surface area contributed by atoms with Gasteiger partial charge in [-0.05, 0) is 59.3 Å². The highest BCUT2D eigenvalue weighted by Crippen LogP contribution is 2.24. The molecule has 1 heterocycles. The molecule has 0 bridgehead atoms. The fraction of sp³-hybridized carbons (Fsp3) is 0.148. The van der Waals surface area contributed by atoms with E-state index in [2.05, 4.69) is 10.3 Å². The topological polar surface area (TPSA) is 94.3 Å². The Balaban J connectivity index is 1.44. The van der Waals surface area contributed by atoms with Crippen molar-refractivity contribution in [2.24, 2.45) is 5.73 Å². The molecule has 0 spiro atoms. The van der Waals surface area contributed by atoms with Crippen molar-refractivity contribution in [2.75, 3.05) is 11.9 Å². The van der Waals surface area contributed by atoms with E-state index in [0.29, 0.717) is 11.3 Å². The number of benzene rings is 3. The van der Waals surface area contributed by atoms with Gasteiger partial charge < -0.3 is 15.8 Å². The van der Waals surface area contributed by atoms with Crippen molar-refractivity contribution in [2.45, 2.75) is 19.4 Å². The quantitative estimate of drug-likeness (QED) is 0.411. The van der Waals surface area contributed by atoms with Gasteiger partial charge in [-0.3, -0.25) is 9.78 Å². The van der Waals surface area contributed by atoms with Gasteiger partial charge in [0.05, 0.1) is 11.5 Å². The molecule has 166 valence electrons. The molecule has 4 rings (SSSR count). The maximum Gasteiger partial charge on any atom is 0.338 e. The van der Waals surface area contributed by atoms with Crippen molar-refractivity contribution in [3.63, 3.8) is 0 Å². The minimum atomic E-state index is -0.501. The van der Waals surface area contributed by atoms with Gasteiger partial charge in [-0.2, -0.15) is 0 Å². The van der Waals surface area contributed by atoms with Crippen LogP contribution in [0.1, 0.15) is 33.0 Å². The maximum absolute atomic E-state index is 13.0. The number of ether oxygens (including phenoxy) is 1. The number of nitrogens with zero attached hydrogens (tertiary/aromatic N) is 1. The number of amides is 1. The lowest BCUT2D eigenvalue weighted by molar-refractivity contribution is -0.117. The summed E-state index contributed by atoms with van der Waals surface area (Å²) in [5.74, 6) is -1.04. The molecule has 3 aromatic carbocycles. The number of pyridine rings is 1. The van der Waals surface area contributed by atoms with Crippen molar-refractivity contribution in [3.05, 3.63) is 107 Å². The van der Waals surface area contributed by atoms with E-state index in [4.69, 9.17) is 10.5 Å². The van der Waals surface area contributed by atoms with E-state index in [1.54, 1.807) is 36.7 Å². The van der Waals surface area contributed by atoms with Crippen molar-refractivity contribution in [1.82, 2.24) is 4.98 Å². The van der Waals surface area contributed by atoms with Crippen LogP contribution in [0.3, 0.4) is 0 Å². The van der Waals surface area contributed by atoms with Crippen LogP contribution < -0.4 is 11.1 Å². The van der Waals surface area contributed by atoms with Crippen LogP contribution in [0.5, 0.6) is 0 Å². The zero-order chi connectivity index (χ0) is 23.2. The summed E-state index contributed by atoms with van der Waals surface area (Å²) in [6.45, 7) is 2.25. The molecule has 0 aliphatic rings. The highest BCUT2D eigenvalue weighted by atomic mass is 16.5. The average molecular weight is 440 g/mol. The lowest BCUT2D eigenvalue weighted by Gasteiger charge is -2.18. The van der Waals surface area contributed by atoms with Crippen molar-refractivity contribution >= 4 is 28.3 Å². The summed E-state index contributed by atoms with van der Waals surface area (Å²) in [5, 5.41) is 4.98. The van der Waals surface area contributed by atoms with Gasteiger partial charge in [0.1, 0.15) is 6.61 Å². The maximum atomic E-state index is 13.0. The smallest absolute Gasteiger partial charge is 0.338 e. The second kappa shape index (κ2) is 10.1. The lowest BCUT2D eigenvalue weighted by atomic mass is 9.92. The predicted molar refractivity (Wildman–Crippen MR) is 129 cm³/mol. The third-order valence-corrected chi connectivity index (χ3v) is 5.55. The molecule has 0 radical (unpaired) electrons. The first-order valence-corrected chi connectivity index (χ1v) is 10.7. The highest BCUT2D eigenvalue weighted by Gasteiger charge is 2.21. The molecule has 3 N–H and O–H groups in total. The van der Waals surface area contributed by atoms with Crippen LogP contribution in [-0.2, 0) is 16.1 Å². The van der Waals surface area contributed by atoms with E-state index in [9.17, 15) is 9.59 Å². The van der Waals surface area contributed by atoms with E-state index in [-0.39, 0.29) is 25.0 Å². The Labute approximate surface area is 192 Å². The second-order valence-electron chi connectivity index (χ2n) is 7.85. The van der Waals surface area contributed by atoms with Gasteiger partial charge in [-0.15, -0.1) is 0 Å². The van der Waals surface area contributed by atoms with Gasteiger partial charge in [0.25, 0.3) is 0 Å². The fourth-order valence-electron chi connectivity index (χ4n) is 3.79. The number of rotatable bonds is 7. The molecule has 6 nitrogen and oxygen atoms in total. The molecule has 6 heteroatoms. The number of hydrogen-bond acceptors (Lipinski definition) is 5. The number of aromatic nitrogens is 1. The summed E-state index contributed by atoms with van der Waals surface area (Å²) in [7, 11) is 0.